The predicted molar refractivity (Wildman–Crippen MR) is 10.6 cm³/mol. The maximum atomic E-state index is 0. The molecule has 0 aliphatic carbocycles. The molecule has 4 heteroatoms. The second-order valence-electron chi connectivity index (χ2n) is 0. The van der Waals surface area contributed by atoms with Gasteiger partial charge in [-0.25, -0.2) is 0 Å². The molecule has 0 unspecified atom stereocenters. The van der Waals surface area contributed by atoms with E-state index < -0.39 is 0 Å². The molecule has 0 radical (unpaired) electrons. The van der Waals surface area contributed by atoms with Gasteiger partial charge < -0.3 is 24.7 Å². The zero-order chi connectivity index (χ0) is 0. The van der Waals surface area contributed by atoms with Crippen molar-refractivity contribution in [3.05, 3.63) is 12.3 Å². The third-order valence-corrected chi connectivity index (χ3v) is 0. The van der Waals surface area contributed by atoms with Crippen LogP contribution in [0, 0.1) is 0 Å². The summed E-state index contributed by atoms with van der Waals surface area (Å²) in [5.74, 6) is 0. The Morgan fingerprint density at radius 1 is 0.750 bits per heavy atom. The Bertz CT molecular complexity index is 6.00. The minimum absolute atomic E-state index is 0. The van der Waals surface area contributed by atoms with Gasteiger partial charge in [-0.05, 0) is 0 Å². The molecular weight excluding hydrogens is 170 g/mol. The van der Waals surface area contributed by atoms with Crippen LogP contribution < -0.4 is 12.4 Å². The topological polar surface area (TPSA) is 67.0 Å². The number of nitrogens with two attached hydrogens (primary N) is 2. The molecule has 0 aliphatic heterocycles. The molecule has 0 heterocycles. The summed E-state index contributed by atoms with van der Waals surface area (Å²) in [5, 5.41) is 0. The molecule has 0 aromatic carbocycles. The standard InChI is InChI=1S/ClH.2H2N.Pd/h1H;2*1H2;/q;2*-1;+2/p-1. The maximum Gasteiger partial charge on any atom is 2.00 e. The Balaban J connectivity index is 0. The van der Waals surface area contributed by atoms with E-state index in [9.17, 15) is 0 Å². The van der Waals surface area contributed by atoms with Crippen molar-refractivity contribution < 1.29 is 32.8 Å². The summed E-state index contributed by atoms with van der Waals surface area (Å²) in [5.41, 5.74) is 0. The molecule has 0 saturated heterocycles. The van der Waals surface area contributed by atoms with Gasteiger partial charge in [-0.3, -0.25) is 0 Å². The average Bonchev–Trinajstić information content (AvgIpc) is 0. The van der Waals surface area contributed by atoms with Crippen molar-refractivity contribution in [1.82, 2.24) is 0 Å². The van der Waals surface area contributed by atoms with Gasteiger partial charge >= 0.3 is 20.4 Å². The number of hydrogen-bond acceptors (Lipinski definition) is 0. The quantitative estimate of drug-likeness (QED) is 0.398. The van der Waals surface area contributed by atoms with Gasteiger partial charge in [0.1, 0.15) is 0 Å². The number of halogens is 1. The first kappa shape index (κ1) is 96.0. The molecule has 4 heavy (non-hydrogen) atoms. The molecule has 0 saturated carbocycles. The Kier molecular flexibility index (Phi) is 1010. The predicted octanol–water partition coefficient (Wildman–Crippen LogP) is -1.56. The van der Waals surface area contributed by atoms with Gasteiger partial charge in [-0.1, -0.05) is 0 Å². The van der Waals surface area contributed by atoms with E-state index >= 15 is 0 Å². The van der Waals surface area contributed by atoms with Crippen molar-refractivity contribution in [2.45, 2.75) is 0 Å². The van der Waals surface area contributed by atoms with Crippen LogP contribution in [0.4, 0.5) is 0 Å². The van der Waals surface area contributed by atoms with Crippen LogP contribution >= 0.6 is 0 Å². The molecule has 4 N–H and O–H groups in total. The third-order valence-electron chi connectivity index (χ3n) is 0. The van der Waals surface area contributed by atoms with Crippen LogP contribution in [0.3, 0.4) is 0 Å². The average molecular weight is 174 g/mol. The minimum atomic E-state index is 0. The number of rotatable bonds is 0. The largest absolute Gasteiger partial charge is 2.00 e. The Hall–Kier alpha value is 0.872. The summed E-state index contributed by atoms with van der Waals surface area (Å²) in [6.07, 6.45) is 0. The normalized spacial score (nSPS) is 0. The van der Waals surface area contributed by atoms with E-state index in [-0.39, 0.29) is 45.1 Å². The smallest absolute Gasteiger partial charge is 1.00 e. The van der Waals surface area contributed by atoms with Crippen molar-refractivity contribution in [1.29, 1.82) is 0 Å². The van der Waals surface area contributed by atoms with E-state index in [1.807, 2.05) is 0 Å². The van der Waals surface area contributed by atoms with Gasteiger partial charge in [-0.15, -0.1) is 0 Å². The molecule has 0 aliphatic rings. The fourth-order valence-electron chi connectivity index (χ4n) is 0. The monoisotopic (exact) mass is 173 g/mol. The minimum Gasteiger partial charge on any atom is -1.00 e. The Morgan fingerprint density at radius 3 is 0.750 bits per heavy atom. The first-order chi connectivity index (χ1) is 0. The van der Waals surface area contributed by atoms with Gasteiger partial charge in [-0.2, -0.15) is 0 Å². The Labute approximate surface area is 45.6 Å². The summed E-state index contributed by atoms with van der Waals surface area (Å²) in [6.45, 7) is 0. The van der Waals surface area contributed by atoms with Crippen LogP contribution in [-0.2, 0) is 20.4 Å². The molecule has 0 aromatic rings. The van der Waals surface area contributed by atoms with Crippen molar-refractivity contribution in [2.75, 3.05) is 0 Å². The van der Waals surface area contributed by atoms with E-state index in [0.717, 1.165) is 0 Å². The van der Waals surface area contributed by atoms with Crippen LogP contribution in [0.25, 0.3) is 12.3 Å². The van der Waals surface area contributed by atoms with E-state index in [4.69, 9.17) is 0 Å². The molecule has 0 atom stereocenters. The molecule has 0 rings (SSSR count). The molecular formula is H4ClN2Pd-. The summed E-state index contributed by atoms with van der Waals surface area (Å²) in [7, 11) is 0. The molecule has 32 valence electrons. The molecule has 0 fully saturated rings. The van der Waals surface area contributed by atoms with Crippen molar-refractivity contribution in [3.8, 4) is 0 Å². The van der Waals surface area contributed by atoms with Gasteiger partial charge in [0.25, 0.3) is 0 Å². The SMILES string of the molecule is [Cl-].[NH2-].[NH2-].[Pd+2]. The molecule has 0 bridgehead atoms. The summed E-state index contributed by atoms with van der Waals surface area (Å²) >= 11 is 0. The van der Waals surface area contributed by atoms with E-state index in [2.05, 4.69) is 0 Å². The van der Waals surface area contributed by atoms with Crippen LogP contribution in [0.5, 0.6) is 0 Å². The van der Waals surface area contributed by atoms with Gasteiger partial charge in [0.15, 0.2) is 0 Å². The zero-order valence-corrected chi connectivity index (χ0v) is 4.16. The van der Waals surface area contributed by atoms with E-state index in [1.54, 1.807) is 0 Å². The zero-order valence-electron chi connectivity index (χ0n) is 1.85. The van der Waals surface area contributed by atoms with Crippen molar-refractivity contribution >= 4 is 0 Å². The second kappa shape index (κ2) is 42.0. The third kappa shape index (κ3) is 13.2. The summed E-state index contributed by atoms with van der Waals surface area (Å²) in [6, 6.07) is 0. The van der Waals surface area contributed by atoms with Gasteiger partial charge in [0.05, 0.1) is 0 Å². The summed E-state index contributed by atoms with van der Waals surface area (Å²) in [4.78, 5) is 0. The van der Waals surface area contributed by atoms with Crippen LogP contribution in [0.1, 0.15) is 0 Å². The fraction of sp³-hybridized carbons (Fsp3) is 0. The molecule has 0 amide bonds. The molecule has 0 spiro atoms. The molecule has 2 nitrogen and oxygen atoms in total. The van der Waals surface area contributed by atoms with Crippen LogP contribution in [-0.4, -0.2) is 0 Å². The van der Waals surface area contributed by atoms with E-state index in [1.165, 1.54) is 0 Å². The first-order valence-corrected chi connectivity index (χ1v) is 0. The van der Waals surface area contributed by atoms with E-state index in [0.29, 0.717) is 0 Å². The van der Waals surface area contributed by atoms with Gasteiger partial charge in [0.2, 0.25) is 0 Å². The van der Waals surface area contributed by atoms with Crippen molar-refractivity contribution in [3.63, 3.8) is 0 Å². The van der Waals surface area contributed by atoms with Crippen LogP contribution in [0.2, 0.25) is 0 Å². The number of hydrogen-bond donors (Lipinski definition) is 0. The fourth-order valence-corrected chi connectivity index (χ4v) is 0. The Morgan fingerprint density at radius 2 is 0.750 bits per heavy atom. The van der Waals surface area contributed by atoms with Crippen LogP contribution in [0.15, 0.2) is 0 Å². The first-order valence-electron chi connectivity index (χ1n) is 0. The van der Waals surface area contributed by atoms with Crippen molar-refractivity contribution in [2.24, 2.45) is 0 Å². The molecule has 0 aromatic heterocycles. The maximum absolute atomic E-state index is 0. The second-order valence-corrected chi connectivity index (χ2v) is 0. The summed E-state index contributed by atoms with van der Waals surface area (Å²) < 4.78 is 0. The van der Waals surface area contributed by atoms with Gasteiger partial charge in [0, 0.05) is 0 Å².